The second kappa shape index (κ2) is 11.3. The molecule has 0 aliphatic carbocycles. The summed E-state index contributed by atoms with van der Waals surface area (Å²) in [5.74, 6) is 0.441. The van der Waals surface area contributed by atoms with Crippen molar-refractivity contribution >= 4 is 18.6 Å². The molecule has 1 N–H and O–H groups in total. The Morgan fingerprint density at radius 1 is 1.19 bits per heavy atom. The van der Waals surface area contributed by atoms with Crippen molar-refractivity contribution in [3.05, 3.63) is 0 Å². The van der Waals surface area contributed by atoms with E-state index in [1.807, 2.05) is 0 Å². The third kappa shape index (κ3) is 10.3. The van der Waals surface area contributed by atoms with Gasteiger partial charge in [-0.25, -0.2) is 0 Å². The van der Waals surface area contributed by atoms with E-state index in [1.165, 1.54) is 13.5 Å². The van der Waals surface area contributed by atoms with Crippen molar-refractivity contribution in [1.29, 1.82) is 0 Å². The van der Waals surface area contributed by atoms with Crippen LogP contribution in [0.5, 0.6) is 0 Å². The maximum absolute atomic E-state index is 10.8. The Kier molecular flexibility index (Phi) is 11.1. The molecule has 4 heteroatoms. The fraction of sp³-hybridized carbons (Fsp3) is 0.917. The fourth-order valence-electron chi connectivity index (χ4n) is 1.55. The van der Waals surface area contributed by atoms with Gasteiger partial charge in [-0.2, -0.15) is 12.6 Å². The maximum Gasteiger partial charge on any atom is 0.305 e. The van der Waals surface area contributed by atoms with Crippen LogP contribution in [0.25, 0.3) is 0 Å². The summed E-state index contributed by atoms with van der Waals surface area (Å²) in [4.78, 5) is 10.8. The Hall–Kier alpha value is -0.220. The van der Waals surface area contributed by atoms with Gasteiger partial charge in [-0.05, 0) is 12.8 Å². The first-order valence-electron chi connectivity index (χ1n) is 6.06. The van der Waals surface area contributed by atoms with Crippen LogP contribution in [-0.4, -0.2) is 30.0 Å². The number of methoxy groups -OCH3 is 1. The largest absolute Gasteiger partial charge is 0.469 e. The summed E-state index contributed by atoms with van der Waals surface area (Å²) in [6.45, 7) is 0. The van der Waals surface area contributed by atoms with E-state index in [4.69, 9.17) is 0 Å². The summed E-state index contributed by atoms with van der Waals surface area (Å²) in [5, 5.41) is 9.26. The van der Waals surface area contributed by atoms with E-state index in [0.717, 1.165) is 38.5 Å². The van der Waals surface area contributed by atoms with Gasteiger partial charge >= 0.3 is 5.97 Å². The van der Waals surface area contributed by atoms with E-state index in [2.05, 4.69) is 17.4 Å². The highest BCUT2D eigenvalue weighted by atomic mass is 32.1. The van der Waals surface area contributed by atoms with Gasteiger partial charge in [-0.1, -0.05) is 32.1 Å². The van der Waals surface area contributed by atoms with Crippen LogP contribution in [0.15, 0.2) is 0 Å². The highest BCUT2D eigenvalue weighted by molar-refractivity contribution is 7.80. The molecule has 1 unspecified atom stereocenters. The number of carbonyl (C=O) groups is 1. The zero-order valence-electron chi connectivity index (χ0n) is 10.2. The van der Waals surface area contributed by atoms with Gasteiger partial charge in [0.2, 0.25) is 0 Å². The molecule has 0 aromatic rings. The van der Waals surface area contributed by atoms with Gasteiger partial charge in [0, 0.05) is 12.2 Å². The number of unbranched alkanes of at least 4 members (excludes halogenated alkanes) is 5. The van der Waals surface area contributed by atoms with E-state index >= 15 is 0 Å². The van der Waals surface area contributed by atoms with Crippen LogP contribution in [0.1, 0.15) is 51.4 Å². The summed E-state index contributed by atoms with van der Waals surface area (Å²) >= 11 is 4.02. The van der Waals surface area contributed by atoms with Gasteiger partial charge in [0.15, 0.2) is 0 Å². The van der Waals surface area contributed by atoms with E-state index < -0.39 is 0 Å². The van der Waals surface area contributed by atoms with Crippen LogP contribution in [0.2, 0.25) is 0 Å². The topological polar surface area (TPSA) is 46.5 Å². The first-order chi connectivity index (χ1) is 7.70. The van der Waals surface area contributed by atoms with Gasteiger partial charge < -0.3 is 9.84 Å². The lowest BCUT2D eigenvalue weighted by Gasteiger charge is -2.06. The Balaban J connectivity index is 3.07. The van der Waals surface area contributed by atoms with Gasteiger partial charge in [0.05, 0.1) is 13.2 Å². The summed E-state index contributed by atoms with van der Waals surface area (Å²) in [7, 11) is 1.43. The van der Waals surface area contributed by atoms with Gasteiger partial charge in [0.1, 0.15) is 0 Å². The zero-order valence-corrected chi connectivity index (χ0v) is 11.0. The highest BCUT2D eigenvalue weighted by Gasteiger charge is 2.01. The molecule has 0 aromatic carbocycles. The molecule has 1 atom stereocenters. The molecule has 0 rings (SSSR count). The molecule has 0 heterocycles. The molecular formula is C12H24O3S. The lowest BCUT2D eigenvalue weighted by atomic mass is 10.1. The molecule has 0 spiro atoms. The maximum atomic E-state index is 10.8. The second-order valence-electron chi connectivity index (χ2n) is 4.07. The molecule has 0 aliphatic rings. The minimum absolute atomic E-state index is 0.114. The summed E-state index contributed by atoms with van der Waals surface area (Å²) in [6.07, 6.45) is 7.72. The van der Waals surface area contributed by atoms with Crippen LogP contribution < -0.4 is 0 Å². The molecule has 16 heavy (non-hydrogen) atoms. The molecule has 0 aromatic heterocycles. The van der Waals surface area contributed by atoms with E-state index in [0.29, 0.717) is 12.2 Å². The number of aliphatic hydroxyl groups excluding tert-OH is 1. The predicted octanol–water partition coefficient (Wildman–Crippen LogP) is 2.57. The third-order valence-corrected chi connectivity index (χ3v) is 3.03. The molecule has 0 aliphatic heterocycles. The number of esters is 1. The van der Waals surface area contributed by atoms with Crippen LogP contribution >= 0.6 is 12.6 Å². The van der Waals surface area contributed by atoms with Crippen LogP contribution in [0, 0.1) is 0 Å². The first kappa shape index (κ1) is 15.8. The number of hydrogen-bond donors (Lipinski definition) is 2. The SMILES string of the molecule is COC(=O)CCCCCCCCC(O)CS. The minimum Gasteiger partial charge on any atom is -0.469 e. The summed E-state index contributed by atoms with van der Waals surface area (Å²) in [6, 6.07) is 0. The van der Waals surface area contributed by atoms with Crippen molar-refractivity contribution in [3.8, 4) is 0 Å². The number of rotatable bonds is 10. The number of thiol groups is 1. The van der Waals surface area contributed by atoms with Crippen molar-refractivity contribution in [2.75, 3.05) is 12.9 Å². The number of aliphatic hydroxyl groups is 1. The quantitative estimate of drug-likeness (QED) is 0.355. The number of hydrogen-bond acceptors (Lipinski definition) is 4. The Morgan fingerprint density at radius 2 is 1.75 bits per heavy atom. The molecule has 0 saturated carbocycles. The highest BCUT2D eigenvalue weighted by Crippen LogP contribution is 2.10. The first-order valence-corrected chi connectivity index (χ1v) is 6.69. The average Bonchev–Trinajstić information content (AvgIpc) is 2.31. The van der Waals surface area contributed by atoms with Crippen LogP contribution in [-0.2, 0) is 9.53 Å². The van der Waals surface area contributed by atoms with Gasteiger partial charge in [0.25, 0.3) is 0 Å². The normalized spacial score (nSPS) is 12.4. The van der Waals surface area contributed by atoms with Crippen molar-refractivity contribution in [3.63, 3.8) is 0 Å². The van der Waals surface area contributed by atoms with Crippen LogP contribution in [0.4, 0.5) is 0 Å². The summed E-state index contributed by atoms with van der Waals surface area (Å²) < 4.78 is 4.56. The number of ether oxygens (including phenoxy) is 1. The molecule has 0 fully saturated rings. The van der Waals surface area contributed by atoms with Crippen LogP contribution in [0.3, 0.4) is 0 Å². The summed E-state index contributed by atoms with van der Waals surface area (Å²) in [5.41, 5.74) is 0. The Labute approximate surface area is 104 Å². The van der Waals surface area contributed by atoms with E-state index in [9.17, 15) is 9.90 Å². The average molecular weight is 248 g/mol. The van der Waals surface area contributed by atoms with Crippen molar-refractivity contribution in [2.24, 2.45) is 0 Å². The molecular weight excluding hydrogens is 224 g/mol. The third-order valence-electron chi connectivity index (χ3n) is 2.61. The smallest absolute Gasteiger partial charge is 0.305 e. The molecule has 0 bridgehead atoms. The Bertz CT molecular complexity index is 174. The standard InChI is InChI=1S/C12H24O3S/c1-15-12(14)9-7-5-3-2-4-6-8-11(13)10-16/h11,13,16H,2-10H2,1H3. The molecule has 0 radical (unpaired) electrons. The van der Waals surface area contributed by atoms with E-state index in [-0.39, 0.29) is 12.1 Å². The molecule has 0 saturated heterocycles. The fourth-order valence-corrected chi connectivity index (χ4v) is 1.73. The molecule has 3 nitrogen and oxygen atoms in total. The number of carbonyl (C=O) groups excluding carboxylic acids is 1. The lowest BCUT2D eigenvalue weighted by molar-refractivity contribution is -0.140. The monoisotopic (exact) mass is 248 g/mol. The predicted molar refractivity (Wildman–Crippen MR) is 68.8 cm³/mol. The minimum atomic E-state index is -0.248. The lowest BCUT2D eigenvalue weighted by Crippen LogP contribution is -2.07. The van der Waals surface area contributed by atoms with Crippen molar-refractivity contribution in [2.45, 2.75) is 57.5 Å². The second-order valence-corrected chi connectivity index (χ2v) is 4.44. The van der Waals surface area contributed by atoms with Crippen molar-refractivity contribution < 1.29 is 14.6 Å². The van der Waals surface area contributed by atoms with E-state index in [1.54, 1.807) is 0 Å². The zero-order chi connectivity index (χ0) is 12.2. The van der Waals surface area contributed by atoms with Gasteiger partial charge in [-0.3, -0.25) is 4.79 Å². The molecule has 0 amide bonds. The molecule has 96 valence electrons. The van der Waals surface area contributed by atoms with Gasteiger partial charge in [-0.15, -0.1) is 0 Å². The Morgan fingerprint density at radius 3 is 2.31 bits per heavy atom. The van der Waals surface area contributed by atoms with Crippen molar-refractivity contribution in [1.82, 2.24) is 0 Å².